The molecule has 1 heterocycles. The molecule has 0 saturated heterocycles. The van der Waals surface area contributed by atoms with E-state index in [0.717, 1.165) is 11.3 Å². The van der Waals surface area contributed by atoms with Crippen molar-refractivity contribution in [1.29, 1.82) is 5.26 Å². The molecule has 0 aliphatic carbocycles. The maximum atomic E-state index is 11.8. The van der Waals surface area contributed by atoms with E-state index >= 15 is 0 Å². The zero-order valence-corrected chi connectivity index (χ0v) is 12.3. The summed E-state index contributed by atoms with van der Waals surface area (Å²) < 4.78 is 5.32. The summed E-state index contributed by atoms with van der Waals surface area (Å²) >= 11 is 4.34. The molecule has 0 unspecified atom stereocenters. The average molecular weight is 331 g/mol. The standard InChI is InChI=1S/C11H11BrN2O3S/c1-3-17-8(15)5-14-11(16)10-6(2)9(12)7(4-13)18-10/h3,5H2,1-2H3,(H,14,16). The molecule has 1 N–H and O–H groups in total. The fraction of sp³-hybridized carbons (Fsp3) is 0.364. The van der Waals surface area contributed by atoms with Gasteiger partial charge in [-0.05, 0) is 35.3 Å². The van der Waals surface area contributed by atoms with Crippen molar-refractivity contribution < 1.29 is 14.3 Å². The van der Waals surface area contributed by atoms with Gasteiger partial charge < -0.3 is 10.1 Å². The van der Waals surface area contributed by atoms with E-state index in [4.69, 9.17) is 10.00 Å². The summed E-state index contributed by atoms with van der Waals surface area (Å²) in [5, 5.41) is 11.3. The van der Waals surface area contributed by atoms with E-state index in [-0.39, 0.29) is 19.1 Å². The number of nitriles is 1. The monoisotopic (exact) mass is 330 g/mol. The second-order valence-electron chi connectivity index (χ2n) is 3.30. The van der Waals surface area contributed by atoms with Gasteiger partial charge in [-0.1, -0.05) is 0 Å². The molecule has 0 radical (unpaired) electrons. The number of carbonyl (C=O) groups is 2. The SMILES string of the molecule is CCOC(=O)CNC(=O)c1sc(C#N)c(Br)c1C. The van der Waals surface area contributed by atoms with Gasteiger partial charge in [0.15, 0.2) is 0 Å². The van der Waals surface area contributed by atoms with Crippen LogP contribution in [0.1, 0.15) is 27.0 Å². The van der Waals surface area contributed by atoms with Crippen molar-refractivity contribution in [2.45, 2.75) is 13.8 Å². The van der Waals surface area contributed by atoms with Gasteiger partial charge in [0.2, 0.25) is 0 Å². The normalized spacial score (nSPS) is 9.67. The van der Waals surface area contributed by atoms with Crippen LogP contribution >= 0.6 is 27.3 Å². The zero-order chi connectivity index (χ0) is 13.7. The molecule has 5 nitrogen and oxygen atoms in total. The van der Waals surface area contributed by atoms with Crippen molar-refractivity contribution in [3.8, 4) is 6.07 Å². The van der Waals surface area contributed by atoms with E-state index in [9.17, 15) is 9.59 Å². The minimum Gasteiger partial charge on any atom is -0.465 e. The van der Waals surface area contributed by atoms with E-state index < -0.39 is 5.97 Å². The molecule has 18 heavy (non-hydrogen) atoms. The van der Waals surface area contributed by atoms with Crippen molar-refractivity contribution in [2.75, 3.05) is 13.2 Å². The van der Waals surface area contributed by atoms with Crippen LogP contribution in [0.15, 0.2) is 4.47 Å². The Morgan fingerprint density at radius 2 is 2.22 bits per heavy atom. The Labute approximate surface area is 117 Å². The molecular formula is C11H11BrN2O3S. The molecule has 0 aliphatic heterocycles. The summed E-state index contributed by atoms with van der Waals surface area (Å²) in [6, 6.07) is 2.00. The zero-order valence-electron chi connectivity index (χ0n) is 9.87. The maximum Gasteiger partial charge on any atom is 0.325 e. The molecular weight excluding hydrogens is 320 g/mol. The van der Waals surface area contributed by atoms with E-state index in [1.165, 1.54) is 0 Å². The molecule has 0 bridgehead atoms. The lowest BCUT2D eigenvalue weighted by molar-refractivity contribution is -0.141. The highest BCUT2D eigenvalue weighted by Gasteiger charge is 2.19. The first-order valence-corrected chi connectivity index (χ1v) is 6.75. The smallest absolute Gasteiger partial charge is 0.325 e. The van der Waals surface area contributed by atoms with Gasteiger partial charge in [0.05, 0.1) is 11.5 Å². The third-order valence-corrected chi connectivity index (χ3v) is 4.53. The minimum atomic E-state index is -0.486. The van der Waals surface area contributed by atoms with Crippen LogP contribution in [0.5, 0.6) is 0 Å². The molecule has 0 aromatic carbocycles. The van der Waals surface area contributed by atoms with Crippen LogP contribution in [-0.2, 0) is 9.53 Å². The Kier molecular flexibility index (Phi) is 5.31. The Morgan fingerprint density at radius 1 is 1.56 bits per heavy atom. The third-order valence-electron chi connectivity index (χ3n) is 2.08. The van der Waals surface area contributed by atoms with E-state index in [1.807, 2.05) is 6.07 Å². The Morgan fingerprint density at radius 3 is 2.72 bits per heavy atom. The number of halogens is 1. The first-order valence-electron chi connectivity index (χ1n) is 5.14. The molecule has 1 rings (SSSR count). The number of nitrogens with zero attached hydrogens (tertiary/aromatic N) is 1. The van der Waals surface area contributed by atoms with Crippen LogP contribution in [0.25, 0.3) is 0 Å². The van der Waals surface area contributed by atoms with Crippen LogP contribution in [0, 0.1) is 18.3 Å². The van der Waals surface area contributed by atoms with Gasteiger partial charge in [0.25, 0.3) is 5.91 Å². The predicted octanol–water partition coefficient (Wildman–Crippen LogP) is 1.98. The lowest BCUT2D eigenvalue weighted by Crippen LogP contribution is -2.30. The number of amides is 1. The molecule has 96 valence electrons. The number of thiophene rings is 1. The number of rotatable bonds is 4. The second-order valence-corrected chi connectivity index (χ2v) is 5.11. The van der Waals surface area contributed by atoms with Gasteiger partial charge in [0.1, 0.15) is 17.5 Å². The number of carbonyl (C=O) groups excluding carboxylic acids is 2. The lowest BCUT2D eigenvalue weighted by atomic mass is 10.2. The fourth-order valence-electron chi connectivity index (χ4n) is 1.23. The number of nitrogens with one attached hydrogen (secondary N) is 1. The number of hydrogen-bond donors (Lipinski definition) is 1. The maximum absolute atomic E-state index is 11.8. The van der Waals surface area contributed by atoms with Crippen molar-refractivity contribution in [3.63, 3.8) is 0 Å². The molecule has 1 aromatic heterocycles. The van der Waals surface area contributed by atoms with Gasteiger partial charge in [-0.2, -0.15) is 5.26 Å². The molecule has 7 heteroatoms. The predicted molar refractivity (Wildman–Crippen MR) is 70.4 cm³/mol. The van der Waals surface area contributed by atoms with Crippen LogP contribution in [-0.4, -0.2) is 25.0 Å². The topological polar surface area (TPSA) is 79.2 Å². The highest BCUT2D eigenvalue weighted by molar-refractivity contribution is 9.10. The van der Waals surface area contributed by atoms with E-state index in [1.54, 1.807) is 13.8 Å². The summed E-state index contributed by atoms with van der Waals surface area (Å²) in [4.78, 5) is 23.8. The Hall–Kier alpha value is -1.39. The second kappa shape index (κ2) is 6.52. The average Bonchev–Trinajstić information content (AvgIpc) is 2.63. The van der Waals surface area contributed by atoms with Gasteiger partial charge in [-0.15, -0.1) is 11.3 Å². The van der Waals surface area contributed by atoms with Crippen LogP contribution < -0.4 is 5.32 Å². The largest absolute Gasteiger partial charge is 0.465 e. The molecule has 1 amide bonds. The highest BCUT2D eigenvalue weighted by Crippen LogP contribution is 2.31. The van der Waals surface area contributed by atoms with Gasteiger partial charge in [-0.3, -0.25) is 9.59 Å². The number of hydrogen-bond acceptors (Lipinski definition) is 5. The summed E-state index contributed by atoms with van der Waals surface area (Å²) in [5.74, 6) is -0.868. The molecule has 0 fully saturated rings. The summed E-state index contributed by atoms with van der Waals surface area (Å²) in [5.41, 5.74) is 0.693. The van der Waals surface area contributed by atoms with Crippen LogP contribution in [0.4, 0.5) is 0 Å². The lowest BCUT2D eigenvalue weighted by Gasteiger charge is -2.04. The van der Waals surface area contributed by atoms with Gasteiger partial charge in [0, 0.05) is 4.47 Å². The Balaban J connectivity index is 2.74. The quantitative estimate of drug-likeness (QED) is 0.856. The number of esters is 1. The first-order chi connectivity index (χ1) is 8.51. The summed E-state index contributed by atoms with van der Waals surface area (Å²) in [7, 11) is 0. The molecule has 0 saturated carbocycles. The third kappa shape index (κ3) is 3.31. The summed E-state index contributed by atoms with van der Waals surface area (Å²) in [6.07, 6.45) is 0. The van der Waals surface area contributed by atoms with E-state index in [2.05, 4.69) is 21.2 Å². The number of ether oxygens (including phenoxy) is 1. The van der Waals surface area contributed by atoms with Crippen LogP contribution in [0.3, 0.4) is 0 Å². The van der Waals surface area contributed by atoms with Crippen LogP contribution in [0.2, 0.25) is 0 Å². The van der Waals surface area contributed by atoms with Crippen molar-refractivity contribution in [1.82, 2.24) is 5.32 Å². The highest BCUT2D eigenvalue weighted by atomic mass is 79.9. The van der Waals surface area contributed by atoms with E-state index in [0.29, 0.717) is 19.8 Å². The van der Waals surface area contributed by atoms with Crippen molar-refractivity contribution in [2.24, 2.45) is 0 Å². The molecule has 1 aromatic rings. The Bertz CT molecular complexity index is 519. The van der Waals surface area contributed by atoms with Gasteiger partial charge in [-0.25, -0.2) is 0 Å². The molecule has 0 spiro atoms. The van der Waals surface area contributed by atoms with Crippen molar-refractivity contribution >= 4 is 39.1 Å². The van der Waals surface area contributed by atoms with Crippen molar-refractivity contribution in [3.05, 3.63) is 19.8 Å². The molecule has 0 aliphatic rings. The first kappa shape index (κ1) is 14.7. The minimum absolute atomic E-state index is 0.177. The molecule has 0 atom stereocenters. The van der Waals surface area contributed by atoms with Gasteiger partial charge >= 0.3 is 5.97 Å². The fourth-order valence-corrected chi connectivity index (χ4v) is 2.80. The summed E-state index contributed by atoms with van der Waals surface area (Å²) in [6.45, 7) is 3.53.